The molecule has 0 saturated heterocycles. The van der Waals surface area contributed by atoms with Crippen molar-refractivity contribution in [1.82, 2.24) is 0 Å². The predicted octanol–water partition coefficient (Wildman–Crippen LogP) is 4.69. The Morgan fingerprint density at radius 3 is 2.35 bits per heavy atom. The molecule has 2 saturated carbocycles. The average Bonchev–Trinajstić information content (AvgIpc) is 3.54. The summed E-state index contributed by atoms with van der Waals surface area (Å²) in [7, 11) is -0.734. The third kappa shape index (κ3) is 2.70. The monoisotopic (exact) mass is 374 g/mol. The van der Waals surface area contributed by atoms with Crippen LogP contribution in [0.4, 0.5) is 0 Å². The Bertz CT molecular complexity index is 920. The highest BCUT2D eigenvalue weighted by Gasteiger charge is 2.71. The summed E-state index contributed by atoms with van der Waals surface area (Å²) in [6.07, 6.45) is 2.60. The smallest absolute Gasteiger partial charge is 0.344 e. The Labute approximate surface area is 152 Å². The van der Waals surface area contributed by atoms with Crippen LogP contribution in [0.1, 0.15) is 53.7 Å². The molecule has 4 rings (SSSR count). The zero-order valence-electron chi connectivity index (χ0n) is 15.2. The van der Waals surface area contributed by atoms with Gasteiger partial charge in [-0.1, -0.05) is 29.8 Å². The van der Waals surface area contributed by atoms with Gasteiger partial charge in [-0.15, -0.1) is 0 Å². The highest BCUT2D eigenvalue weighted by atomic mass is 31.2. The summed E-state index contributed by atoms with van der Waals surface area (Å²) in [6, 6.07) is 11.1. The summed E-state index contributed by atoms with van der Waals surface area (Å²) in [4.78, 5) is 12.3. The zero-order chi connectivity index (χ0) is 18.5. The van der Waals surface area contributed by atoms with E-state index < -0.39 is 12.8 Å². The normalized spacial score (nSPS) is 25.3. The molecule has 2 fully saturated rings. The molecule has 26 heavy (non-hydrogen) atoms. The Balaban J connectivity index is 1.85. The molecule has 1 aromatic heterocycles. The molecule has 0 aliphatic heterocycles. The van der Waals surface area contributed by atoms with Gasteiger partial charge in [0.1, 0.15) is 16.7 Å². The number of aryl methyl sites for hydroxylation is 1. The van der Waals surface area contributed by atoms with Crippen molar-refractivity contribution in [3.8, 4) is 0 Å². The first-order chi connectivity index (χ1) is 12.4. The summed E-state index contributed by atoms with van der Waals surface area (Å²) in [5.74, 6) is 1.32. The number of rotatable bonds is 6. The maximum Gasteiger partial charge on any atom is 0.344 e. The van der Waals surface area contributed by atoms with Crippen LogP contribution in [0.25, 0.3) is 0 Å². The molecule has 0 amide bonds. The molecule has 2 atom stereocenters. The molecule has 1 heterocycles. The largest absolute Gasteiger partial charge is 0.464 e. The Morgan fingerprint density at radius 2 is 1.77 bits per heavy atom. The van der Waals surface area contributed by atoms with Crippen molar-refractivity contribution in [3.05, 3.63) is 69.3 Å². The van der Waals surface area contributed by atoms with E-state index in [0.29, 0.717) is 23.9 Å². The van der Waals surface area contributed by atoms with Gasteiger partial charge in [0.25, 0.3) is 0 Å². The number of hydrogen-bond donors (Lipinski definition) is 0. The van der Waals surface area contributed by atoms with E-state index >= 15 is 0 Å². The van der Waals surface area contributed by atoms with E-state index in [1.807, 2.05) is 31.2 Å². The Hall–Kier alpha value is -1.68. The van der Waals surface area contributed by atoms with E-state index in [-0.39, 0.29) is 11.3 Å². The predicted molar refractivity (Wildman–Crippen MR) is 98.8 cm³/mol. The molecule has 5 nitrogen and oxygen atoms in total. The fourth-order valence-electron chi connectivity index (χ4n) is 3.83. The van der Waals surface area contributed by atoms with Crippen LogP contribution in [0.5, 0.6) is 0 Å². The summed E-state index contributed by atoms with van der Waals surface area (Å²) < 4.78 is 30.3. The van der Waals surface area contributed by atoms with Crippen LogP contribution >= 0.6 is 7.60 Å². The molecule has 2 aliphatic rings. The van der Waals surface area contributed by atoms with Crippen molar-refractivity contribution in [3.63, 3.8) is 0 Å². The average molecular weight is 374 g/mol. The molecule has 138 valence electrons. The summed E-state index contributed by atoms with van der Waals surface area (Å²) in [6.45, 7) is 2.03. The molecular weight excluding hydrogens is 351 g/mol. The quantitative estimate of drug-likeness (QED) is 0.686. The summed E-state index contributed by atoms with van der Waals surface area (Å²) in [5, 5.41) is -0.949. The van der Waals surface area contributed by atoms with Gasteiger partial charge in [-0.3, -0.25) is 9.36 Å². The van der Waals surface area contributed by atoms with Crippen molar-refractivity contribution in [2.75, 3.05) is 14.2 Å². The third-order valence-electron chi connectivity index (χ3n) is 5.57. The lowest BCUT2D eigenvalue weighted by Gasteiger charge is -2.25. The van der Waals surface area contributed by atoms with E-state index in [0.717, 1.165) is 24.0 Å². The fraction of sp³-hybridized carbons (Fsp3) is 0.450. The van der Waals surface area contributed by atoms with Crippen LogP contribution < -0.4 is 5.43 Å². The molecular formula is C20H23O5P. The van der Waals surface area contributed by atoms with Crippen molar-refractivity contribution >= 4 is 7.60 Å². The van der Waals surface area contributed by atoms with Gasteiger partial charge in [0.05, 0.1) is 0 Å². The third-order valence-corrected chi connectivity index (χ3v) is 8.23. The van der Waals surface area contributed by atoms with Crippen molar-refractivity contribution in [1.29, 1.82) is 0 Å². The second-order valence-electron chi connectivity index (χ2n) is 7.29. The van der Waals surface area contributed by atoms with E-state index in [9.17, 15) is 9.36 Å². The SMILES string of the molecule is COP(=O)(OC)[C@]1(c2cc(=O)cc(C3CC3)o2)C[C@H]1c1ccc(C)cc1. The second kappa shape index (κ2) is 6.19. The number of hydrogen-bond acceptors (Lipinski definition) is 5. The molecule has 1 aromatic carbocycles. The molecule has 0 spiro atoms. The highest BCUT2D eigenvalue weighted by Crippen LogP contribution is 2.81. The molecule has 6 heteroatoms. The van der Waals surface area contributed by atoms with Gasteiger partial charge in [-0.05, 0) is 31.7 Å². The Morgan fingerprint density at radius 1 is 1.12 bits per heavy atom. The molecule has 0 unspecified atom stereocenters. The van der Waals surface area contributed by atoms with Crippen LogP contribution in [0, 0.1) is 6.92 Å². The second-order valence-corrected chi connectivity index (χ2v) is 9.81. The van der Waals surface area contributed by atoms with Crippen LogP contribution in [0.2, 0.25) is 0 Å². The first kappa shape index (κ1) is 17.7. The van der Waals surface area contributed by atoms with Crippen molar-refractivity contribution < 1.29 is 18.0 Å². The van der Waals surface area contributed by atoms with Gasteiger partial charge in [-0.25, -0.2) is 0 Å². The van der Waals surface area contributed by atoms with Crippen LogP contribution in [-0.2, 0) is 18.8 Å². The Kier molecular flexibility index (Phi) is 4.22. The first-order valence-corrected chi connectivity index (χ1v) is 10.4. The minimum absolute atomic E-state index is 0.0774. The molecule has 0 bridgehead atoms. The minimum atomic E-state index is -3.51. The standard InChI is InChI=1S/C20H23O5P/c1-13-4-6-14(7-5-13)17-12-20(17,26(22,23-2)24-3)19-11-16(21)10-18(25-19)15-8-9-15/h4-7,10-11,15,17H,8-9,12H2,1-3H3/t17-,20+/m0/s1. The van der Waals surface area contributed by atoms with Gasteiger partial charge in [0.15, 0.2) is 5.43 Å². The van der Waals surface area contributed by atoms with Crippen molar-refractivity contribution in [2.24, 2.45) is 0 Å². The van der Waals surface area contributed by atoms with Gasteiger partial charge in [-0.2, -0.15) is 0 Å². The summed E-state index contributed by atoms with van der Waals surface area (Å²) >= 11 is 0. The highest BCUT2D eigenvalue weighted by molar-refractivity contribution is 7.55. The number of benzene rings is 1. The minimum Gasteiger partial charge on any atom is -0.464 e. The zero-order valence-corrected chi connectivity index (χ0v) is 16.1. The van der Waals surface area contributed by atoms with Crippen LogP contribution in [0.15, 0.2) is 45.6 Å². The summed E-state index contributed by atoms with van der Waals surface area (Å²) in [5.41, 5.74) is 2.08. The lowest BCUT2D eigenvalue weighted by molar-refractivity contribution is 0.254. The lowest BCUT2D eigenvalue weighted by Crippen LogP contribution is -2.16. The van der Waals surface area contributed by atoms with Gasteiger partial charge in [0.2, 0.25) is 0 Å². The fourth-order valence-corrected chi connectivity index (χ4v) is 5.95. The van der Waals surface area contributed by atoms with E-state index in [1.165, 1.54) is 20.3 Å². The molecule has 0 N–H and O–H groups in total. The topological polar surface area (TPSA) is 65.7 Å². The maximum atomic E-state index is 13.5. The van der Waals surface area contributed by atoms with E-state index in [2.05, 4.69) is 0 Å². The van der Waals surface area contributed by atoms with Crippen LogP contribution in [-0.4, -0.2) is 14.2 Å². The molecule has 2 aromatic rings. The first-order valence-electron chi connectivity index (χ1n) is 8.87. The molecule has 2 aliphatic carbocycles. The van der Waals surface area contributed by atoms with Gasteiger partial charge in [0, 0.05) is 38.2 Å². The van der Waals surface area contributed by atoms with Gasteiger partial charge < -0.3 is 13.5 Å². The van der Waals surface area contributed by atoms with Crippen molar-refractivity contribution in [2.45, 2.75) is 43.2 Å². The van der Waals surface area contributed by atoms with E-state index in [4.69, 9.17) is 13.5 Å². The maximum absolute atomic E-state index is 13.5. The van der Waals surface area contributed by atoms with Crippen LogP contribution in [0.3, 0.4) is 0 Å². The lowest BCUT2D eigenvalue weighted by atomic mass is 10.1. The van der Waals surface area contributed by atoms with Gasteiger partial charge >= 0.3 is 7.60 Å². The van der Waals surface area contributed by atoms with E-state index in [1.54, 1.807) is 6.07 Å². The molecule has 0 radical (unpaired) electrons.